The summed E-state index contributed by atoms with van der Waals surface area (Å²) < 4.78 is 18.7. The fourth-order valence-corrected chi connectivity index (χ4v) is 5.44. The molecule has 0 aliphatic carbocycles. The van der Waals surface area contributed by atoms with Crippen LogP contribution in [0.25, 0.3) is 0 Å². The number of aromatic nitrogens is 1. The number of carbonyl (C=O) groups excluding carboxylic acids is 2. The Bertz CT molecular complexity index is 1360. The van der Waals surface area contributed by atoms with Gasteiger partial charge in [-0.15, -0.1) is 0 Å². The molecular weight excluding hydrogens is 534 g/mol. The molecule has 3 heterocycles. The lowest BCUT2D eigenvalue weighted by Gasteiger charge is -2.38. The van der Waals surface area contributed by atoms with E-state index in [1.165, 1.54) is 6.20 Å². The summed E-state index contributed by atoms with van der Waals surface area (Å²) in [7, 11) is 0. The third-order valence-electron chi connectivity index (χ3n) is 7.44. The highest BCUT2D eigenvalue weighted by atomic mass is 16.7. The lowest BCUT2D eigenvalue weighted by molar-refractivity contribution is -0.253. The van der Waals surface area contributed by atoms with Gasteiger partial charge in [-0.1, -0.05) is 36.4 Å². The van der Waals surface area contributed by atoms with Crippen molar-refractivity contribution in [3.8, 4) is 0 Å². The zero-order valence-corrected chi connectivity index (χ0v) is 24.4. The van der Waals surface area contributed by atoms with E-state index in [-0.39, 0.29) is 36.7 Å². The number of nitrogens with zero attached hydrogens (tertiary/aromatic N) is 2. The first-order valence-corrected chi connectivity index (χ1v) is 14.5. The van der Waals surface area contributed by atoms with Crippen LogP contribution in [0, 0.1) is 0 Å². The highest BCUT2D eigenvalue weighted by Crippen LogP contribution is 2.39. The Hall–Kier alpha value is -3.63. The molecule has 222 valence electrons. The second-order valence-electron chi connectivity index (χ2n) is 11.9. The van der Waals surface area contributed by atoms with Gasteiger partial charge in [0.05, 0.1) is 24.4 Å². The minimum atomic E-state index is -0.691. The number of carbonyl (C=O) groups is 2. The predicted octanol–water partition coefficient (Wildman–Crippen LogP) is 5.18. The van der Waals surface area contributed by atoms with Crippen molar-refractivity contribution in [2.24, 2.45) is 0 Å². The normalized spacial score (nSPS) is 23.0. The van der Waals surface area contributed by atoms with E-state index in [0.29, 0.717) is 24.2 Å². The highest BCUT2D eigenvalue weighted by molar-refractivity contribution is 6.04. The fraction of sp³-hybridized carbons (Fsp3) is 0.424. The van der Waals surface area contributed by atoms with Gasteiger partial charge >= 0.3 is 5.97 Å². The van der Waals surface area contributed by atoms with E-state index in [4.69, 9.17) is 14.2 Å². The van der Waals surface area contributed by atoms with E-state index >= 15 is 0 Å². The number of hydrogen-bond donors (Lipinski definition) is 2. The van der Waals surface area contributed by atoms with Crippen LogP contribution < -0.4 is 5.32 Å². The van der Waals surface area contributed by atoms with Crippen molar-refractivity contribution in [2.75, 3.05) is 18.4 Å². The molecule has 1 aromatic heterocycles. The molecule has 3 aromatic rings. The van der Waals surface area contributed by atoms with Crippen molar-refractivity contribution < 1.29 is 28.9 Å². The fourth-order valence-electron chi connectivity index (χ4n) is 5.44. The lowest BCUT2D eigenvalue weighted by atomic mass is 9.99. The van der Waals surface area contributed by atoms with Gasteiger partial charge in [-0.2, -0.15) is 0 Å². The van der Waals surface area contributed by atoms with Gasteiger partial charge in [0.1, 0.15) is 11.6 Å². The minimum absolute atomic E-state index is 0.0290. The van der Waals surface area contributed by atoms with Crippen LogP contribution >= 0.6 is 0 Å². The van der Waals surface area contributed by atoms with Gasteiger partial charge in [-0.05, 0) is 75.5 Å². The number of rotatable bonds is 8. The molecule has 4 unspecified atom stereocenters. The van der Waals surface area contributed by atoms with E-state index in [0.717, 1.165) is 36.1 Å². The first kappa shape index (κ1) is 29.8. The monoisotopic (exact) mass is 573 g/mol. The Morgan fingerprint density at radius 1 is 1.07 bits per heavy atom. The minimum Gasteiger partial charge on any atom is -0.459 e. The first-order valence-electron chi connectivity index (χ1n) is 14.5. The van der Waals surface area contributed by atoms with Crippen molar-refractivity contribution >= 4 is 17.6 Å². The van der Waals surface area contributed by atoms with Crippen LogP contribution in [-0.4, -0.2) is 57.7 Å². The molecular formula is C33H39N3O6. The second kappa shape index (κ2) is 13.1. The molecule has 2 fully saturated rings. The lowest BCUT2D eigenvalue weighted by Crippen LogP contribution is -2.45. The molecule has 5 rings (SSSR count). The maximum Gasteiger partial charge on any atom is 0.323 e. The highest BCUT2D eigenvalue weighted by Gasteiger charge is 2.39. The molecule has 1 amide bonds. The van der Waals surface area contributed by atoms with E-state index < -0.39 is 11.9 Å². The van der Waals surface area contributed by atoms with Crippen molar-refractivity contribution in [1.29, 1.82) is 0 Å². The number of anilines is 1. The van der Waals surface area contributed by atoms with E-state index in [9.17, 15) is 14.7 Å². The summed E-state index contributed by atoms with van der Waals surface area (Å²) in [4.78, 5) is 31.9. The Labute approximate surface area is 246 Å². The number of ether oxygens (including phenoxy) is 3. The smallest absolute Gasteiger partial charge is 0.323 e. The van der Waals surface area contributed by atoms with Gasteiger partial charge in [0.15, 0.2) is 6.29 Å². The standard InChI is InChI=1S/C33H39N3O6/c1-33(2,3)42-31(39)28-10-6-16-36(28)20-27-18-29(23-13-11-22(21-37)12-14-23)41-32(40-27)24-7-4-9-26(17-24)35-30(38)25-8-5-15-34-19-25/h4-5,7-9,11-15,17,19,27-29,32,37H,6,10,16,18,20-21H2,1-3H3,(H,35,38). The van der Waals surface area contributed by atoms with Gasteiger partial charge < -0.3 is 24.6 Å². The second-order valence-corrected chi connectivity index (χ2v) is 11.9. The number of amides is 1. The van der Waals surface area contributed by atoms with Crippen molar-refractivity contribution in [1.82, 2.24) is 9.88 Å². The van der Waals surface area contributed by atoms with Crippen LogP contribution in [0.3, 0.4) is 0 Å². The summed E-state index contributed by atoms with van der Waals surface area (Å²) >= 11 is 0. The Kier molecular flexibility index (Phi) is 9.33. The Morgan fingerprint density at radius 3 is 2.60 bits per heavy atom. The van der Waals surface area contributed by atoms with Crippen molar-refractivity contribution in [3.05, 3.63) is 95.3 Å². The molecule has 0 radical (unpaired) electrons. The molecule has 2 N–H and O–H groups in total. The summed E-state index contributed by atoms with van der Waals surface area (Å²) in [5.41, 5.74) is 3.11. The van der Waals surface area contributed by atoms with Crippen molar-refractivity contribution in [2.45, 2.75) is 76.8 Å². The van der Waals surface area contributed by atoms with Crippen LogP contribution in [-0.2, 0) is 25.6 Å². The third kappa shape index (κ3) is 7.60. The van der Waals surface area contributed by atoms with Gasteiger partial charge in [0.25, 0.3) is 5.91 Å². The maximum atomic E-state index is 13.0. The topological polar surface area (TPSA) is 110 Å². The SMILES string of the molecule is CC(C)(C)OC(=O)C1CCCN1CC1CC(c2ccc(CO)cc2)OC(c2cccc(NC(=O)c3cccnc3)c2)O1. The molecule has 2 aromatic carbocycles. The van der Waals surface area contributed by atoms with Crippen LogP contribution in [0.4, 0.5) is 5.69 Å². The predicted molar refractivity (Wildman–Crippen MR) is 157 cm³/mol. The molecule has 9 nitrogen and oxygen atoms in total. The Morgan fingerprint density at radius 2 is 1.88 bits per heavy atom. The maximum absolute atomic E-state index is 13.0. The summed E-state index contributed by atoms with van der Waals surface area (Å²) in [6.45, 7) is 6.98. The molecule has 9 heteroatoms. The molecule has 0 spiro atoms. The molecule has 42 heavy (non-hydrogen) atoms. The quantitative estimate of drug-likeness (QED) is 0.355. The first-order chi connectivity index (χ1) is 20.2. The van der Waals surface area contributed by atoms with Crippen LogP contribution in [0.5, 0.6) is 0 Å². The van der Waals surface area contributed by atoms with Crippen LogP contribution in [0.1, 0.15) is 79.5 Å². The Balaban J connectivity index is 1.36. The molecule has 4 atom stereocenters. The van der Waals surface area contributed by atoms with Gasteiger partial charge in [-0.25, -0.2) is 0 Å². The number of nitrogens with one attached hydrogen (secondary N) is 1. The zero-order chi connectivity index (χ0) is 29.7. The average molecular weight is 574 g/mol. The van der Waals surface area contributed by atoms with Gasteiger partial charge in [0, 0.05) is 36.6 Å². The number of esters is 1. The molecule has 2 aliphatic heterocycles. The zero-order valence-electron chi connectivity index (χ0n) is 24.4. The number of pyridine rings is 1. The summed E-state index contributed by atoms with van der Waals surface area (Å²) in [6.07, 6.45) is 4.24. The molecule has 2 saturated heterocycles. The molecule has 2 aliphatic rings. The van der Waals surface area contributed by atoms with E-state index in [1.807, 2.05) is 69.3 Å². The number of likely N-dealkylation sites (tertiary alicyclic amines) is 1. The average Bonchev–Trinajstić information content (AvgIpc) is 3.45. The number of hydrogen-bond acceptors (Lipinski definition) is 8. The largest absolute Gasteiger partial charge is 0.459 e. The number of benzene rings is 2. The summed E-state index contributed by atoms with van der Waals surface area (Å²) in [5.74, 6) is -0.454. The number of aliphatic hydroxyl groups is 1. The third-order valence-corrected chi connectivity index (χ3v) is 7.44. The van der Waals surface area contributed by atoms with E-state index in [2.05, 4.69) is 15.2 Å². The molecule has 0 bridgehead atoms. The van der Waals surface area contributed by atoms with Gasteiger partial charge in [-0.3, -0.25) is 19.5 Å². The van der Waals surface area contributed by atoms with E-state index in [1.54, 1.807) is 18.3 Å². The van der Waals surface area contributed by atoms with Crippen molar-refractivity contribution in [3.63, 3.8) is 0 Å². The number of aliphatic hydroxyl groups excluding tert-OH is 1. The summed E-state index contributed by atoms with van der Waals surface area (Å²) in [5, 5.41) is 12.4. The van der Waals surface area contributed by atoms with Crippen LogP contribution in [0.15, 0.2) is 73.1 Å². The van der Waals surface area contributed by atoms with Gasteiger partial charge in [0.2, 0.25) is 0 Å². The summed E-state index contributed by atoms with van der Waals surface area (Å²) in [6, 6.07) is 18.3. The molecule has 0 saturated carbocycles. The van der Waals surface area contributed by atoms with Crippen LogP contribution in [0.2, 0.25) is 0 Å².